The summed E-state index contributed by atoms with van der Waals surface area (Å²) in [5, 5.41) is 4.86. The summed E-state index contributed by atoms with van der Waals surface area (Å²) < 4.78 is 28.5. The molecule has 0 aliphatic heterocycles. The van der Waals surface area contributed by atoms with Crippen molar-refractivity contribution in [1.29, 1.82) is 0 Å². The maximum Gasteiger partial charge on any atom is 0.188 e. The number of rotatable bonds is 2. The van der Waals surface area contributed by atoms with Crippen LogP contribution in [0.25, 0.3) is 11.3 Å². The standard InChI is InChI=1S/C11H12F2N2S/c1-6(2)15-4-7(3)10(14-15)9-8(12)5-16-11(9)13/h4-6H,1-3H3. The minimum absolute atomic E-state index is 0.0121. The molecule has 0 spiro atoms. The van der Waals surface area contributed by atoms with Crippen molar-refractivity contribution in [2.75, 3.05) is 0 Å². The van der Waals surface area contributed by atoms with E-state index in [1.54, 1.807) is 17.8 Å². The van der Waals surface area contributed by atoms with E-state index in [-0.39, 0.29) is 11.6 Å². The quantitative estimate of drug-likeness (QED) is 0.783. The first-order chi connectivity index (χ1) is 7.50. The van der Waals surface area contributed by atoms with Gasteiger partial charge in [0.05, 0.1) is 5.56 Å². The van der Waals surface area contributed by atoms with Crippen LogP contribution in [0.1, 0.15) is 25.5 Å². The molecule has 0 aliphatic rings. The van der Waals surface area contributed by atoms with E-state index in [0.717, 1.165) is 16.9 Å². The molecule has 0 saturated heterocycles. The predicted octanol–water partition coefficient (Wildman–Crippen LogP) is 3.78. The minimum atomic E-state index is -0.542. The van der Waals surface area contributed by atoms with E-state index in [9.17, 15) is 8.78 Å². The highest BCUT2D eigenvalue weighted by Crippen LogP contribution is 2.31. The molecule has 2 nitrogen and oxygen atoms in total. The van der Waals surface area contributed by atoms with E-state index >= 15 is 0 Å². The number of thiophene rings is 1. The van der Waals surface area contributed by atoms with E-state index in [1.807, 2.05) is 13.8 Å². The van der Waals surface area contributed by atoms with E-state index in [2.05, 4.69) is 5.10 Å². The van der Waals surface area contributed by atoms with Gasteiger partial charge in [-0.05, 0) is 26.3 Å². The molecule has 5 heteroatoms. The second kappa shape index (κ2) is 3.97. The second-order valence-electron chi connectivity index (χ2n) is 3.97. The van der Waals surface area contributed by atoms with Crippen LogP contribution in [0.4, 0.5) is 8.78 Å². The van der Waals surface area contributed by atoms with Gasteiger partial charge in [0.2, 0.25) is 0 Å². The van der Waals surface area contributed by atoms with Crippen molar-refractivity contribution in [3.63, 3.8) is 0 Å². The zero-order valence-corrected chi connectivity index (χ0v) is 10.1. The monoisotopic (exact) mass is 242 g/mol. The highest BCUT2D eigenvalue weighted by atomic mass is 32.1. The van der Waals surface area contributed by atoms with Crippen molar-refractivity contribution in [3.8, 4) is 11.3 Å². The average molecular weight is 242 g/mol. The van der Waals surface area contributed by atoms with Crippen molar-refractivity contribution in [3.05, 3.63) is 28.1 Å². The molecule has 86 valence electrons. The molecular formula is C11H12F2N2S. The molecule has 0 radical (unpaired) electrons. The number of aryl methyl sites for hydroxylation is 1. The molecule has 2 aromatic rings. The Hall–Kier alpha value is -1.23. The molecule has 0 saturated carbocycles. The number of halogens is 2. The van der Waals surface area contributed by atoms with Gasteiger partial charge in [0, 0.05) is 17.6 Å². The smallest absolute Gasteiger partial charge is 0.188 e. The Morgan fingerprint density at radius 3 is 2.50 bits per heavy atom. The second-order valence-corrected chi connectivity index (χ2v) is 4.80. The fourth-order valence-corrected chi connectivity index (χ4v) is 2.15. The summed E-state index contributed by atoms with van der Waals surface area (Å²) in [6.07, 6.45) is 1.80. The Morgan fingerprint density at radius 2 is 2.06 bits per heavy atom. The predicted molar refractivity (Wildman–Crippen MR) is 60.6 cm³/mol. The summed E-state index contributed by atoms with van der Waals surface area (Å²) in [7, 11) is 0. The Morgan fingerprint density at radius 1 is 1.38 bits per heavy atom. The zero-order chi connectivity index (χ0) is 11.9. The van der Waals surface area contributed by atoms with Gasteiger partial charge in [0.1, 0.15) is 11.5 Å². The third kappa shape index (κ3) is 1.75. The highest BCUT2D eigenvalue weighted by Gasteiger charge is 2.19. The third-order valence-corrected chi connectivity index (χ3v) is 3.12. The fraction of sp³-hybridized carbons (Fsp3) is 0.364. The van der Waals surface area contributed by atoms with Gasteiger partial charge in [-0.15, -0.1) is 11.3 Å². The largest absolute Gasteiger partial charge is 0.269 e. The summed E-state index contributed by atoms with van der Waals surface area (Å²) >= 11 is 0.761. The summed E-state index contributed by atoms with van der Waals surface area (Å²) in [5.74, 6) is -0.542. The Labute approximate surface area is 96.5 Å². The first-order valence-electron chi connectivity index (χ1n) is 4.99. The summed E-state index contributed by atoms with van der Waals surface area (Å²) in [6, 6.07) is 0.178. The lowest BCUT2D eigenvalue weighted by Gasteiger charge is -2.03. The van der Waals surface area contributed by atoms with Gasteiger partial charge in [0.15, 0.2) is 5.13 Å². The topological polar surface area (TPSA) is 17.8 Å². The van der Waals surface area contributed by atoms with Gasteiger partial charge < -0.3 is 0 Å². The number of aromatic nitrogens is 2. The molecule has 0 aliphatic carbocycles. The molecular weight excluding hydrogens is 230 g/mol. The average Bonchev–Trinajstić information content (AvgIpc) is 2.71. The molecule has 0 amide bonds. The normalized spacial score (nSPS) is 11.4. The van der Waals surface area contributed by atoms with E-state index < -0.39 is 10.9 Å². The molecule has 0 fully saturated rings. The first kappa shape index (κ1) is 11.3. The Kier molecular flexibility index (Phi) is 2.80. The van der Waals surface area contributed by atoms with Gasteiger partial charge in [-0.25, -0.2) is 4.39 Å². The lowest BCUT2D eigenvalue weighted by molar-refractivity contribution is 0.532. The van der Waals surface area contributed by atoms with Crippen LogP contribution in [0.2, 0.25) is 0 Å². The van der Waals surface area contributed by atoms with E-state index in [4.69, 9.17) is 0 Å². The zero-order valence-electron chi connectivity index (χ0n) is 9.29. The Balaban J connectivity index is 2.56. The summed E-state index contributed by atoms with van der Waals surface area (Å²) in [6.45, 7) is 5.74. The summed E-state index contributed by atoms with van der Waals surface area (Å²) in [5.41, 5.74) is 1.16. The molecule has 2 aromatic heterocycles. The van der Waals surface area contributed by atoms with Gasteiger partial charge in [-0.1, -0.05) is 0 Å². The SMILES string of the molecule is Cc1cn(C(C)C)nc1-c1c(F)csc1F. The van der Waals surface area contributed by atoms with Gasteiger partial charge in [0.25, 0.3) is 0 Å². The molecule has 0 atom stereocenters. The van der Waals surface area contributed by atoms with Crippen molar-refractivity contribution in [1.82, 2.24) is 9.78 Å². The van der Waals surface area contributed by atoms with E-state index in [1.165, 1.54) is 5.38 Å². The number of nitrogens with zero attached hydrogens (tertiary/aromatic N) is 2. The van der Waals surface area contributed by atoms with Crippen LogP contribution in [0.5, 0.6) is 0 Å². The van der Waals surface area contributed by atoms with Gasteiger partial charge in [-0.3, -0.25) is 4.68 Å². The van der Waals surface area contributed by atoms with Crippen molar-refractivity contribution in [2.45, 2.75) is 26.8 Å². The molecule has 16 heavy (non-hydrogen) atoms. The molecule has 2 rings (SSSR count). The van der Waals surface area contributed by atoms with Crippen molar-refractivity contribution in [2.24, 2.45) is 0 Å². The first-order valence-corrected chi connectivity index (χ1v) is 5.87. The van der Waals surface area contributed by atoms with Crippen LogP contribution >= 0.6 is 11.3 Å². The fourth-order valence-electron chi connectivity index (χ4n) is 1.52. The maximum atomic E-state index is 13.4. The highest BCUT2D eigenvalue weighted by molar-refractivity contribution is 7.08. The van der Waals surface area contributed by atoms with Crippen LogP contribution in [-0.4, -0.2) is 9.78 Å². The summed E-state index contributed by atoms with van der Waals surface area (Å²) in [4.78, 5) is 0. The third-order valence-electron chi connectivity index (χ3n) is 2.38. The Bertz CT molecular complexity index is 495. The van der Waals surface area contributed by atoms with Gasteiger partial charge >= 0.3 is 0 Å². The lowest BCUT2D eigenvalue weighted by atomic mass is 10.1. The number of hydrogen-bond acceptors (Lipinski definition) is 2. The van der Waals surface area contributed by atoms with E-state index in [0.29, 0.717) is 5.69 Å². The maximum absolute atomic E-state index is 13.4. The van der Waals surface area contributed by atoms with Crippen LogP contribution in [0.3, 0.4) is 0 Å². The minimum Gasteiger partial charge on any atom is -0.269 e. The molecule has 0 N–H and O–H groups in total. The molecule has 2 heterocycles. The van der Waals surface area contributed by atoms with Crippen LogP contribution in [-0.2, 0) is 0 Å². The molecule has 0 aromatic carbocycles. The molecule has 0 unspecified atom stereocenters. The lowest BCUT2D eigenvalue weighted by Crippen LogP contribution is -2.00. The van der Waals surface area contributed by atoms with Crippen LogP contribution in [0.15, 0.2) is 11.6 Å². The van der Waals surface area contributed by atoms with Crippen LogP contribution in [0, 0.1) is 17.9 Å². The van der Waals surface area contributed by atoms with Gasteiger partial charge in [-0.2, -0.15) is 9.49 Å². The molecule has 0 bridgehead atoms. The van der Waals surface area contributed by atoms with Crippen LogP contribution < -0.4 is 0 Å². The number of hydrogen-bond donors (Lipinski definition) is 0. The van der Waals surface area contributed by atoms with Crippen molar-refractivity contribution < 1.29 is 8.78 Å². The van der Waals surface area contributed by atoms with Crippen molar-refractivity contribution >= 4 is 11.3 Å².